The lowest BCUT2D eigenvalue weighted by molar-refractivity contribution is -0.0682. The van der Waals surface area contributed by atoms with Gasteiger partial charge >= 0.3 is 6.03 Å². The van der Waals surface area contributed by atoms with Gasteiger partial charge in [0, 0.05) is 13.1 Å². The number of carbonyl (C=O) groups is 1. The van der Waals surface area contributed by atoms with Gasteiger partial charge < -0.3 is 15.4 Å². The van der Waals surface area contributed by atoms with Crippen molar-refractivity contribution in [2.45, 2.75) is 32.0 Å². The van der Waals surface area contributed by atoms with Gasteiger partial charge in [0.15, 0.2) is 0 Å². The van der Waals surface area contributed by atoms with Crippen molar-refractivity contribution < 1.29 is 9.53 Å². The summed E-state index contributed by atoms with van der Waals surface area (Å²) in [6.07, 6.45) is -0.0618. The number of nitrogens with one attached hydrogen (secondary N) is 2. The number of hydrogen-bond acceptors (Lipinski definition) is 4. The highest BCUT2D eigenvalue weighted by Gasteiger charge is 2.32. The zero-order valence-electron chi connectivity index (χ0n) is 15.4. The number of rotatable bonds is 6. The zero-order valence-corrected chi connectivity index (χ0v) is 16.2. The zero-order chi connectivity index (χ0) is 18.4. The summed E-state index contributed by atoms with van der Waals surface area (Å²) in [6.45, 7) is 7.20. The van der Waals surface area contributed by atoms with Crippen LogP contribution < -0.4 is 10.6 Å². The standard InChI is InChI=1S/C20H27N3O2S/c1-3-23-10-11-25-18(19(23)16-7-5-4-6-8-16)13-21-20(24)22-15(2)17-9-12-26-14-17/h4-9,12,14-15,18-19H,3,10-11,13H2,1-2H3,(H2,21,22,24)/t15?,18-,19-/m0/s1. The predicted molar refractivity (Wildman–Crippen MR) is 105 cm³/mol. The Hall–Kier alpha value is -1.89. The monoisotopic (exact) mass is 373 g/mol. The van der Waals surface area contributed by atoms with E-state index in [9.17, 15) is 4.79 Å². The fraction of sp³-hybridized carbons (Fsp3) is 0.450. The fourth-order valence-corrected chi connectivity index (χ4v) is 4.19. The largest absolute Gasteiger partial charge is 0.373 e. The number of likely N-dealkylation sites (N-methyl/N-ethyl adjacent to an activating group) is 1. The van der Waals surface area contributed by atoms with Gasteiger partial charge in [-0.15, -0.1) is 0 Å². The maximum absolute atomic E-state index is 12.3. The van der Waals surface area contributed by atoms with Crippen LogP contribution in [0.4, 0.5) is 4.79 Å². The molecule has 1 aliphatic rings. The van der Waals surface area contributed by atoms with E-state index in [2.05, 4.69) is 52.1 Å². The van der Waals surface area contributed by atoms with Gasteiger partial charge in [-0.3, -0.25) is 4.90 Å². The molecular formula is C20H27N3O2S. The first kappa shape index (κ1) is 18.9. The van der Waals surface area contributed by atoms with E-state index >= 15 is 0 Å². The molecule has 1 unspecified atom stereocenters. The van der Waals surface area contributed by atoms with Crippen molar-refractivity contribution >= 4 is 17.4 Å². The van der Waals surface area contributed by atoms with E-state index < -0.39 is 0 Å². The molecule has 1 fully saturated rings. The summed E-state index contributed by atoms with van der Waals surface area (Å²) in [5.41, 5.74) is 2.35. The number of hydrogen-bond donors (Lipinski definition) is 2. The number of nitrogens with zero attached hydrogens (tertiary/aromatic N) is 1. The number of ether oxygens (including phenoxy) is 1. The molecule has 2 heterocycles. The Kier molecular flexibility index (Phi) is 6.66. The molecule has 1 aromatic heterocycles. The lowest BCUT2D eigenvalue weighted by Crippen LogP contribution is -2.51. The van der Waals surface area contributed by atoms with Gasteiger partial charge in [-0.25, -0.2) is 4.79 Å². The number of morpholine rings is 1. The molecule has 3 rings (SSSR count). The Labute approximate surface area is 159 Å². The minimum absolute atomic E-state index is 0.00872. The van der Waals surface area contributed by atoms with Crippen LogP contribution in [-0.4, -0.2) is 43.3 Å². The average Bonchev–Trinajstić information content (AvgIpc) is 3.21. The lowest BCUT2D eigenvalue weighted by Gasteiger charge is -2.41. The molecule has 0 spiro atoms. The van der Waals surface area contributed by atoms with Crippen molar-refractivity contribution in [2.24, 2.45) is 0 Å². The lowest BCUT2D eigenvalue weighted by atomic mass is 9.98. The molecule has 2 aromatic rings. The Morgan fingerprint density at radius 1 is 1.35 bits per heavy atom. The van der Waals surface area contributed by atoms with Gasteiger partial charge in [-0.05, 0) is 41.4 Å². The van der Waals surface area contributed by atoms with Gasteiger partial charge in [0.25, 0.3) is 0 Å². The molecule has 2 amide bonds. The Bertz CT molecular complexity index is 678. The van der Waals surface area contributed by atoms with Crippen LogP contribution in [0, 0.1) is 0 Å². The minimum atomic E-state index is -0.160. The summed E-state index contributed by atoms with van der Waals surface area (Å²) in [7, 11) is 0. The quantitative estimate of drug-likeness (QED) is 0.814. The topological polar surface area (TPSA) is 53.6 Å². The smallest absolute Gasteiger partial charge is 0.315 e. The third-order valence-corrected chi connectivity index (χ3v) is 5.56. The van der Waals surface area contributed by atoms with E-state index in [-0.39, 0.29) is 24.2 Å². The summed E-state index contributed by atoms with van der Waals surface area (Å²) in [6, 6.07) is 12.4. The maximum Gasteiger partial charge on any atom is 0.315 e. The molecule has 0 bridgehead atoms. The first-order valence-corrected chi connectivity index (χ1v) is 10.1. The van der Waals surface area contributed by atoms with E-state index in [1.165, 1.54) is 5.56 Å². The third-order valence-electron chi connectivity index (χ3n) is 4.86. The molecule has 3 atom stereocenters. The third kappa shape index (κ3) is 4.63. The number of amides is 2. The molecule has 1 aromatic carbocycles. The van der Waals surface area contributed by atoms with Crippen LogP contribution >= 0.6 is 11.3 Å². The normalized spacial score (nSPS) is 21.9. The number of urea groups is 1. The van der Waals surface area contributed by atoms with Crippen LogP contribution in [-0.2, 0) is 4.74 Å². The fourth-order valence-electron chi connectivity index (χ4n) is 3.43. The van der Waals surface area contributed by atoms with Crippen molar-refractivity contribution in [3.63, 3.8) is 0 Å². The van der Waals surface area contributed by atoms with Crippen molar-refractivity contribution in [3.8, 4) is 0 Å². The molecule has 6 heteroatoms. The average molecular weight is 374 g/mol. The second kappa shape index (κ2) is 9.16. The molecule has 26 heavy (non-hydrogen) atoms. The van der Waals surface area contributed by atoms with Crippen molar-refractivity contribution in [1.82, 2.24) is 15.5 Å². The van der Waals surface area contributed by atoms with Crippen LogP contribution in [0.3, 0.4) is 0 Å². The number of benzene rings is 1. The maximum atomic E-state index is 12.3. The second-order valence-corrected chi connectivity index (χ2v) is 7.31. The van der Waals surface area contributed by atoms with Crippen molar-refractivity contribution in [2.75, 3.05) is 26.2 Å². The molecule has 1 aliphatic heterocycles. The van der Waals surface area contributed by atoms with Crippen molar-refractivity contribution in [3.05, 3.63) is 58.3 Å². The number of carbonyl (C=O) groups excluding carboxylic acids is 1. The molecule has 5 nitrogen and oxygen atoms in total. The van der Waals surface area contributed by atoms with Gasteiger partial charge in [0.2, 0.25) is 0 Å². The Morgan fingerprint density at radius 3 is 2.85 bits per heavy atom. The highest BCUT2D eigenvalue weighted by atomic mass is 32.1. The van der Waals surface area contributed by atoms with Gasteiger partial charge in [0.05, 0.1) is 24.8 Å². The molecule has 1 saturated heterocycles. The Morgan fingerprint density at radius 2 is 2.15 bits per heavy atom. The van der Waals surface area contributed by atoms with Crippen LogP contribution in [0.2, 0.25) is 0 Å². The molecule has 0 aliphatic carbocycles. The molecular weight excluding hydrogens is 346 g/mol. The summed E-state index contributed by atoms with van der Waals surface area (Å²) in [5.74, 6) is 0. The van der Waals surface area contributed by atoms with Gasteiger partial charge in [-0.2, -0.15) is 11.3 Å². The summed E-state index contributed by atoms with van der Waals surface area (Å²) in [5, 5.41) is 10.1. The van der Waals surface area contributed by atoms with Crippen LogP contribution in [0.1, 0.15) is 37.1 Å². The first-order valence-electron chi connectivity index (χ1n) is 9.16. The first-order chi connectivity index (χ1) is 12.7. The minimum Gasteiger partial charge on any atom is -0.373 e. The summed E-state index contributed by atoms with van der Waals surface area (Å²) in [4.78, 5) is 14.7. The van der Waals surface area contributed by atoms with E-state index in [0.29, 0.717) is 13.2 Å². The van der Waals surface area contributed by atoms with E-state index in [0.717, 1.165) is 18.7 Å². The van der Waals surface area contributed by atoms with Gasteiger partial charge in [-0.1, -0.05) is 37.3 Å². The summed E-state index contributed by atoms with van der Waals surface area (Å²) >= 11 is 1.63. The SMILES string of the molecule is CCN1CCO[C@@H](CNC(=O)NC(C)c2ccsc2)[C@@H]1c1ccccc1. The molecule has 0 saturated carbocycles. The van der Waals surface area contributed by atoms with Crippen LogP contribution in [0.5, 0.6) is 0 Å². The highest BCUT2D eigenvalue weighted by molar-refractivity contribution is 7.07. The van der Waals surface area contributed by atoms with E-state index in [4.69, 9.17) is 4.74 Å². The summed E-state index contributed by atoms with van der Waals surface area (Å²) < 4.78 is 6.02. The molecule has 140 valence electrons. The highest BCUT2D eigenvalue weighted by Crippen LogP contribution is 2.29. The van der Waals surface area contributed by atoms with Crippen LogP contribution in [0.25, 0.3) is 0 Å². The second-order valence-electron chi connectivity index (χ2n) is 6.53. The van der Waals surface area contributed by atoms with E-state index in [1.54, 1.807) is 11.3 Å². The van der Waals surface area contributed by atoms with Crippen molar-refractivity contribution in [1.29, 1.82) is 0 Å². The molecule has 2 N–H and O–H groups in total. The predicted octanol–water partition coefficient (Wildman–Crippen LogP) is 3.57. The van der Waals surface area contributed by atoms with E-state index in [1.807, 2.05) is 24.4 Å². The molecule has 0 radical (unpaired) electrons. The van der Waals surface area contributed by atoms with Crippen LogP contribution in [0.15, 0.2) is 47.2 Å². The van der Waals surface area contributed by atoms with Gasteiger partial charge in [0.1, 0.15) is 0 Å². The number of thiophene rings is 1. The Balaban J connectivity index is 1.60.